The normalized spacial score (nSPS) is 9.90. The summed E-state index contributed by atoms with van der Waals surface area (Å²) >= 11 is 16.0. The first kappa shape index (κ1) is 7.85. The summed E-state index contributed by atoms with van der Waals surface area (Å²) in [4.78, 5) is 3.43. The molecule has 0 fully saturated rings. The molecule has 0 spiro atoms. The molecular formula is C4HCl3N2O. The molecule has 1 aromatic rings. The highest BCUT2D eigenvalue weighted by atomic mass is 35.5. The largest absolute Gasteiger partial charge is 0.709 e. The molecule has 0 radical (unpaired) electrons. The van der Waals surface area contributed by atoms with Crippen molar-refractivity contribution in [3.05, 3.63) is 26.9 Å². The highest BCUT2D eigenvalue weighted by Gasteiger charge is 2.09. The van der Waals surface area contributed by atoms with Crippen molar-refractivity contribution in [1.29, 1.82) is 0 Å². The molecule has 10 heavy (non-hydrogen) atoms. The molecule has 0 atom stereocenters. The van der Waals surface area contributed by atoms with Crippen LogP contribution in [0.25, 0.3) is 0 Å². The number of hydrogen-bond donors (Lipinski definition) is 0. The van der Waals surface area contributed by atoms with Crippen LogP contribution in [-0.2, 0) is 0 Å². The van der Waals surface area contributed by atoms with Crippen LogP contribution in [0.4, 0.5) is 0 Å². The first-order chi connectivity index (χ1) is 4.61. The van der Waals surface area contributed by atoms with Gasteiger partial charge in [0, 0.05) is 11.6 Å². The Morgan fingerprint density at radius 3 is 2.50 bits per heavy atom. The molecule has 54 valence electrons. The molecule has 6 heteroatoms. The first-order valence-electron chi connectivity index (χ1n) is 2.22. The van der Waals surface area contributed by atoms with Gasteiger partial charge < -0.3 is 5.21 Å². The molecule has 0 saturated heterocycles. The monoisotopic (exact) mass is 198 g/mol. The van der Waals surface area contributed by atoms with Gasteiger partial charge in [0.05, 0.1) is 6.07 Å². The van der Waals surface area contributed by atoms with E-state index >= 15 is 0 Å². The van der Waals surface area contributed by atoms with Crippen LogP contribution in [0.5, 0.6) is 0 Å². The Labute approximate surface area is 71.7 Å². The summed E-state index contributed by atoms with van der Waals surface area (Å²) in [5.41, 5.74) is 0. The van der Waals surface area contributed by atoms with Gasteiger partial charge in [-0.1, -0.05) is 0 Å². The molecule has 1 rings (SSSR count). The van der Waals surface area contributed by atoms with Gasteiger partial charge in [-0.3, -0.25) is 0 Å². The predicted molar refractivity (Wildman–Crippen MR) is 38.2 cm³/mol. The van der Waals surface area contributed by atoms with Gasteiger partial charge in [-0.25, -0.2) is 4.73 Å². The van der Waals surface area contributed by atoms with E-state index in [1.54, 1.807) is 0 Å². The fraction of sp³-hybridized carbons (Fsp3) is 0. The standard InChI is InChI=1S/C4HCl3N2O/c5-2-1-3(6)9(10)4(7)8-2/h1H. The average Bonchev–Trinajstić information content (AvgIpc) is 1.82. The lowest BCUT2D eigenvalue weighted by Gasteiger charge is -2.01. The number of nitrogens with zero attached hydrogens (tertiary/aromatic N) is 2. The lowest BCUT2D eigenvalue weighted by Crippen LogP contribution is -2.29. The molecule has 3 nitrogen and oxygen atoms in total. The number of aromatic nitrogens is 2. The van der Waals surface area contributed by atoms with Crippen LogP contribution in [-0.4, -0.2) is 4.98 Å². The summed E-state index contributed by atoms with van der Waals surface area (Å²) in [5, 5.41) is 10.4. The molecule has 0 aliphatic carbocycles. The van der Waals surface area contributed by atoms with E-state index in [4.69, 9.17) is 34.8 Å². The van der Waals surface area contributed by atoms with Gasteiger partial charge in [0.15, 0.2) is 0 Å². The summed E-state index contributed by atoms with van der Waals surface area (Å²) in [5.74, 6) is 0. The Morgan fingerprint density at radius 2 is 2.00 bits per heavy atom. The van der Waals surface area contributed by atoms with Crippen molar-refractivity contribution < 1.29 is 4.73 Å². The Kier molecular flexibility index (Phi) is 2.18. The van der Waals surface area contributed by atoms with E-state index < -0.39 is 0 Å². The van der Waals surface area contributed by atoms with E-state index in [0.29, 0.717) is 0 Å². The molecule has 0 N–H and O–H groups in total. The molecule has 1 heterocycles. The van der Waals surface area contributed by atoms with Gasteiger partial charge in [0.2, 0.25) is 10.3 Å². The second kappa shape index (κ2) is 2.78. The van der Waals surface area contributed by atoms with Crippen molar-refractivity contribution in [1.82, 2.24) is 4.98 Å². The van der Waals surface area contributed by atoms with E-state index in [0.717, 1.165) is 0 Å². The molecule has 0 aliphatic heterocycles. The lowest BCUT2D eigenvalue weighted by atomic mass is 10.7. The molecule has 0 aromatic carbocycles. The third-order valence-corrected chi connectivity index (χ3v) is 1.49. The van der Waals surface area contributed by atoms with Gasteiger partial charge in [0.1, 0.15) is 0 Å². The Morgan fingerprint density at radius 1 is 1.40 bits per heavy atom. The van der Waals surface area contributed by atoms with Crippen LogP contribution >= 0.6 is 34.8 Å². The maximum absolute atomic E-state index is 10.7. The quantitative estimate of drug-likeness (QED) is 0.276. The smallest absolute Gasteiger partial charge is 0.401 e. The SMILES string of the molecule is [O-][n+]1c(Cl)cc(Cl)nc1Cl. The zero-order chi connectivity index (χ0) is 7.72. The summed E-state index contributed by atoms with van der Waals surface area (Å²) in [7, 11) is 0. The van der Waals surface area contributed by atoms with E-state index in [1.807, 2.05) is 0 Å². The van der Waals surface area contributed by atoms with Crippen molar-refractivity contribution in [2.24, 2.45) is 0 Å². The molecule has 0 amide bonds. The predicted octanol–water partition coefficient (Wildman–Crippen LogP) is 1.68. The van der Waals surface area contributed by atoms with Gasteiger partial charge in [-0.2, -0.15) is 0 Å². The van der Waals surface area contributed by atoms with Crippen LogP contribution in [0.15, 0.2) is 6.07 Å². The highest BCUT2D eigenvalue weighted by Crippen LogP contribution is 2.11. The van der Waals surface area contributed by atoms with E-state index in [1.165, 1.54) is 6.07 Å². The minimum absolute atomic E-state index is 0.0926. The van der Waals surface area contributed by atoms with E-state index in [-0.39, 0.29) is 20.3 Å². The molecule has 0 unspecified atom stereocenters. The number of halogens is 3. The molecule has 0 bridgehead atoms. The second-order valence-electron chi connectivity index (χ2n) is 1.46. The molecule has 1 aromatic heterocycles. The van der Waals surface area contributed by atoms with Crippen molar-refractivity contribution in [2.75, 3.05) is 0 Å². The van der Waals surface area contributed by atoms with Gasteiger partial charge in [-0.15, -0.1) is 0 Å². The maximum atomic E-state index is 10.7. The van der Waals surface area contributed by atoms with Crippen molar-refractivity contribution in [3.63, 3.8) is 0 Å². The Hall–Kier alpha value is -0.250. The minimum Gasteiger partial charge on any atom is -0.709 e. The van der Waals surface area contributed by atoms with Gasteiger partial charge in [-0.05, 0) is 28.2 Å². The highest BCUT2D eigenvalue weighted by molar-refractivity contribution is 6.34. The van der Waals surface area contributed by atoms with Crippen molar-refractivity contribution >= 4 is 34.8 Å². The molecule has 0 saturated carbocycles. The lowest BCUT2D eigenvalue weighted by molar-refractivity contribution is -0.603. The minimum atomic E-state index is -0.280. The van der Waals surface area contributed by atoms with Crippen LogP contribution in [0.2, 0.25) is 15.6 Å². The Bertz CT molecular complexity index is 242. The first-order valence-corrected chi connectivity index (χ1v) is 3.36. The third kappa shape index (κ3) is 1.42. The van der Waals surface area contributed by atoms with Gasteiger partial charge >= 0.3 is 5.28 Å². The zero-order valence-electron chi connectivity index (χ0n) is 4.51. The fourth-order valence-corrected chi connectivity index (χ4v) is 1.10. The van der Waals surface area contributed by atoms with E-state index in [2.05, 4.69) is 4.98 Å². The number of rotatable bonds is 0. The zero-order valence-corrected chi connectivity index (χ0v) is 6.78. The van der Waals surface area contributed by atoms with Crippen LogP contribution in [0, 0.1) is 5.21 Å². The summed E-state index contributed by atoms with van der Waals surface area (Å²) in [6.45, 7) is 0. The summed E-state index contributed by atoms with van der Waals surface area (Å²) in [6.07, 6.45) is 0. The number of hydrogen-bond acceptors (Lipinski definition) is 2. The van der Waals surface area contributed by atoms with Crippen LogP contribution in [0.3, 0.4) is 0 Å². The van der Waals surface area contributed by atoms with E-state index in [9.17, 15) is 5.21 Å². The average molecular weight is 199 g/mol. The maximum Gasteiger partial charge on any atom is 0.401 e. The second-order valence-corrected chi connectivity index (χ2v) is 2.58. The van der Waals surface area contributed by atoms with Crippen LogP contribution < -0.4 is 4.73 Å². The van der Waals surface area contributed by atoms with Crippen LogP contribution in [0.1, 0.15) is 0 Å². The van der Waals surface area contributed by atoms with Crippen molar-refractivity contribution in [2.45, 2.75) is 0 Å². The van der Waals surface area contributed by atoms with Gasteiger partial charge in [0.25, 0.3) is 0 Å². The molecular weight excluding hydrogens is 198 g/mol. The fourth-order valence-electron chi connectivity index (χ4n) is 0.411. The topological polar surface area (TPSA) is 39.8 Å². The van der Waals surface area contributed by atoms with Crippen molar-refractivity contribution in [3.8, 4) is 0 Å². The molecule has 0 aliphatic rings. The summed E-state index contributed by atoms with van der Waals surface area (Å²) in [6, 6.07) is 1.21. The third-order valence-electron chi connectivity index (χ3n) is 0.799. The Balaban J connectivity index is 3.31. The summed E-state index contributed by atoms with van der Waals surface area (Å²) < 4.78 is 0.273.